The van der Waals surface area contributed by atoms with Crippen molar-refractivity contribution in [3.05, 3.63) is 42.5 Å². The van der Waals surface area contributed by atoms with Crippen molar-refractivity contribution in [3.8, 4) is 0 Å². The number of carbonyl (C=O) groups excluding carboxylic acids is 2. The molecular weight excluding hydrogens is 360 g/mol. The molecule has 2 amide bonds. The maximum atomic E-state index is 12.3. The Morgan fingerprint density at radius 2 is 1.86 bits per heavy atom. The fourth-order valence-corrected chi connectivity index (χ4v) is 3.56. The lowest BCUT2D eigenvalue weighted by molar-refractivity contribution is -0.122. The average Bonchev–Trinajstić information content (AvgIpc) is 3.29. The van der Waals surface area contributed by atoms with Crippen LogP contribution in [-0.2, 0) is 9.53 Å². The molecule has 2 aromatic heterocycles. The van der Waals surface area contributed by atoms with Gasteiger partial charge < -0.3 is 24.3 Å². The van der Waals surface area contributed by atoms with E-state index in [4.69, 9.17) is 9.15 Å². The van der Waals surface area contributed by atoms with Crippen molar-refractivity contribution in [1.29, 1.82) is 0 Å². The number of furan rings is 1. The quantitative estimate of drug-likeness (QED) is 0.868. The van der Waals surface area contributed by atoms with Gasteiger partial charge in [-0.3, -0.25) is 9.59 Å². The van der Waals surface area contributed by atoms with Gasteiger partial charge in [-0.15, -0.1) is 0 Å². The van der Waals surface area contributed by atoms with Crippen molar-refractivity contribution in [2.75, 3.05) is 49.6 Å². The maximum Gasteiger partial charge on any atom is 0.289 e. The Labute approximate surface area is 163 Å². The van der Waals surface area contributed by atoms with Gasteiger partial charge in [-0.05, 0) is 37.1 Å². The van der Waals surface area contributed by atoms with E-state index in [-0.39, 0.29) is 17.7 Å². The monoisotopic (exact) mass is 384 g/mol. The van der Waals surface area contributed by atoms with E-state index in [0.717, 1.165) is 31.6 Å². The van der Waals surface area contributed by atoms with Crippen molar-refractivity contribution < 1.29 is 18.7 Å². The number of hydrogen-bond acceptors (Lipinski definition) is 6. The van der Waals surface area contributed by atoms with Gasteiger partial charge in [0.1, 0.15) is 5.82 Å². The van der Waals surface area contributed by atoms with Crippen LogP contribution in [0.1, 0.15) is 23.4 Å². The summed E-state index contributed by atoms with van der Waals surface area (Å²) in [6, 6.07) is 7.19. The number of hydrogen-bond donors (Lipinski definition) is 1. The predicted octanol–water partition coefficient (Wildman–Crippen LogP) is 2.00. The molecule has 2 fully saturated rings. The smallest absolute Gasteiger partial charge is 0.289 e. The number of nitrogens with zero attached hydrogens (tertiary/aromatic N) is 3. The molecule has 8 nitrogen and oxygen atoms in total. The first-order chi connectivity index (χ1) is 13.7. The highest BCUT2D eigenvalue weighted by molar-refractivity contribution is 5.92. The van der Waals surface area contributed by atoms with Crippen molar-refractivity contribution in [3.63, 3.8) is 0 Å². The molecule has 28 heavy (non-hydrogen) atoms. The minimum absolute atomic E-state index is 0.00463. The molecule has 0 bridgehead atoms. The first-order valence-electron chi connectivity index (χ1n) is 9.63. The van der Waals surface area contributed by atoms with E-state index in [0.29, 0.717) is 37.9 Å². The molecule has 8 heteroatoms. The van der Waals surface area contributed by atoms with Gasteiger partial charge in [-0.1, -0.05) is 0 Å². The third-order valence-corrected chi connectivity index (χ3v) is 5.26. The first kappa shape index (κ1) is 18.5. The van der Waals surface area contributed by atoms with Crippen LogP contribution in [0.3, 0.4) is 0 Å². The minimum atomic E-state index is -0.0750. The number of pyridine rings is 1. The summed E-state index contributed by atoms with van der Waals surface area (Å²) in [4.78, 5) is 33.0. The number of aromatic nitrogens is 1. The standard InChI is InChI=1S/C20H24N4O4/c25-19(15-5-12-27-13-6-15)22-18-4-3-16(14-21-18)23-7-9-24(10-8-23)20(26)17-2-1-11-28-17/h1-4,11,14-15H,5-10,12-13H2,(H,21,22,25). The molecule has 1 N–H and O–H groups in total. The summed E-state index contributed by atoms with van der Waals surface area (Å²) in [6.45, 7) is 3.98. The van der Waals surface area contributed by atoms with Crippen LogP contribution in [0.5, 0.6) is 0 Å². The second kappa shape index (κ2) is 8.43. The van der Waals surface area contributed by atoms with Crippen molar-refractivity contribution >= 4 is 23.3 Å². The summed E-state index contributed by atoms with van der Waals surface area (Å²) in [5.41, 5.74) is 0.981. The van der Waals surface area contributed by atoms with Gasteiger partial charge in [0.15, 0.2) is 5.76 Å². The van der Waals surface area contributed by atoms with Crippen LogP contribution in [0.25, 0.3) is 0 Å². The Kier molecular flexibility index (Phi) is 5.57. The Morgan fingerprint density at radius 1 is 1.07 bits per heavy atom. The lowest BCUT2D eigenvalue weighted by Crippen LogP contribution is -2.48. The highest BCUT2D eigenvalue weighted by atomic mass is 16.5. The van der Waals surface area contributed by atoms with Crippen LogP contribution in [0.4, 0.5) is 11.5 Å². The van der Waals surface area contributed by atoms with Crippen LogP contribution in [0.2, 0.25) is 0 Å². The second-order valence-corrected chi connectivity index (χ2v) is 7.03. The molecule has 0 saturated carbocycles. The maximum absolute atomic E-state index is 12.3. The number of piperazine rings is 1. The third kappa shape index (κ3) is 4.17. The lowest BCUT2D eigenvalue weighted by Gasteiger charge is -2.35. The molecule has 2 aliphatic rings. The molecule has 148 valence electrons. The highest BCUT2D eigenvalue weighted by Crippen LogP contribution is 2.20. The second-order valence-electron chi connectivity index (χ2n) is 7.03. The van der Waals surface area contributed by atoms with Crippen molar-refractivity contribution in [2.24, 2.45) is 5.92 Å². The summed E-state index contributed by atoms with van der Waals surface area (Å²) in [5.74, 6) is 0.865. The Hall–Kier alpha value is -2.87. The zero-order valence-corrected chi connectivity index (χ0v) is 15.7. The van der Waals surface area contributed by atoms with E-state index in [1.807, 2.05) is 12.1 Å². The van der Waals surface area contributed by atoms with Crippen LogP contribution < -0.4 is 10.2 Å². The summed E-state index contributed by atoms with van der Waals surface area (Å²) >= 11 is 0. The van der Waals surface area contributed by atoms with E-state index in [1.165, 1.54) is 6.26 Å². The number of anilines is 2. The van der Waals surface area contributed by atoms with Gasteiger partial charge in [-0.2, -0.15) is 0 Å². The van der Waals surface area contributed by atoms with Gasteiger partial charge in [-0.25, -0.2) is 4.98 Å². The van der Waals surface area contributed by atoms with Gasteiger partial charge in [0.05, 0.1) is 18.1 Å². The number of ether oxygens (including phenoxy) is 1. The van der Waals surface area contributed by atoms with Crippen LogP contribution in [0, 0.1) is 5.92 Å². The fraction of sp³-hybridized carbons (Fsp3) is 0.450. The largest absolute Gasteiger partial charge is 0.459 e. The molecule has 0 aromatic carbocycles. The number of amides is 2. The van der Waals surface area contributed by atoms with Gasteiger partial charge in [0.25, 0.3) is 5.91 Å². The summed E-state index contributed by atoms with van der Waals surface area (Å²) in [7, 11) is 0. The molecule has 2 aromatic rings. The number of nitrogens with one attached hydrogen (secondary N) is 1. The molecule has 0 radical (unpaired) electrons. The van der Waals surface area contributed by atoms with E-state index in [1.54, 1.807) is 23.2 Å². The molecule has 0 spiro atoms. The topological polar surface area (TPSA) is 87.9 Å². The zero-order valence-electron chi connectivity index (χ0n) is 15.7. The Morgan fingerprint density at radius 3 is 2.50 bits per heavy atom. The van der Waals surface area contributed by atoms with Crippen molar-refractivity contribution in [1.82, 2.24) is 9.88 Å². The summed E-state index contributed by atoms with van der Waals surface area (Å²) in [6.07, 6.45) is 4.79. The normalized spacial score (nSPS) is 18.1. The van der Waals surface area contributed by atoms with Crippen LogP contribution in [-0.4, -0.2) is 61.1 Å². The zero-order chi connectivity index (χ0) is 19.3. The minimum Gasteiger partial charge on any atom is -0.459 e. The van der Waals surface area contributed by atoms with Gasteiger partial charge in [0, 0.05) is 45.3 Å². The number of rotatable bonds is 4. The average molecular weight is 384 g/mol. The molecular formula is C20H24N4O4. The van der Waals surface area contributed by atoms with Gasteiger partial charge >= 0.3 is 0 Å². The molecule has 2 aliphatic heterocycles. The summed E-state index contributed by atoms with van der Waals surface area (Å²) in [5, 5.41) is 2.89. The van der Waals surface area contributed by atoms with E-state index in [9.17, 15) is 9.59 Å². The Bertz CT molecular complexity index is 792. The molecule has 4 heterocycles. The Balaban J connectivity index is 1.30. The molecule has 0 unspecified atom stereocenters. The molecule has 4 rings (SSSR count). The highest BCUT2D eigenvalue weighted by Gasteiger charge is 2.24. The van der Waals surface area contributed by atoms with Crippen LogP contribution in [0.15, 0.2) is 41.1 Å². The van der Waals surface area contributed by atoms with E-state index < -0.39 is 0 Å². The lowest BCUT2D eigenvalue weighted by atomic mass is 9.99. The van der Waals surface area contributed by atoms with E-state index in [2.05, 4.69) is 15.2 Å². The SMILES string of the molecule is O=C(Nc1ccc(N2CCN(C(=O)c3ccco3)CC2)cn1)C1CCOCC1. The van der Waals surface area contributed by atoms with Gasteiger partial charge in [0.2, 0.25) is 5.91 Å². The molecule has 0 atom stereocenters. The summed E-state index contributed by atoms with van der Waals surface area (Å²) < 4.78 is 10.5. The first-order valence-corrected chi connectivity index (χ1v) is 9.63. The molecule has 0 aliphatic carbocycles. The third-order valence-electron chi connectivity index (χ3n) is 5.26. The fourth-order valence-electron chi connectivity index (χ4n) is 3.56. The van der Waals surface area contributed by atoms with E-state index >= 15 is 0 Å². The number of carbonyl (C=O) groups is 2. The molecule has 2 saturated heterocycles. The van der Waals surface area contributed by atoms with Crippen molar-refractivity contribution in [2.45, 2.75) is 12.8 Å². The predicted molar refractivity (Wildman–Crippen MR) is 103 cm³/mol. The van der Waals surface area contributed by atoms with Crippen LogP contribution >= 0.6 is 0 Å².